The van der Waals surface area contributed by atoms with Gasteiger partial charge >= 0.3 is 0 Å². The van der Waals surface area contributed by atoms with Gasteiger partial charge in [0.1, 0.15) is 5.69 Å². The van der Waals surface area contributed by atoms with Gasteiger partial charge in [-0.05, 0) is 18.6 Å². The summed E-state index contributed by atoms with van der Waals surface area (Å²) in [5, 5.41) is 0. The number of carbonyl (C=O) groups excluding carboxylic acids is 1. The Morgan fingerprint density at radius 1 is 1.38 bits per heavy atom. The SMILES string of the molecule is Cc1cccnc1C(=O)C(C)(C)C. The van der Waals surface area contributed by atoms with E-state index in [0.29, 0.717) is 5.69 Å². The lowest BCUT2D eigenvalue weighted by molar-refractivity contribution is 0.0852. The minimum Gasteiger partial charge on any atom is -0.292 e. The molecule has 13 heavy (non-hydrogen) atoms. The summed E-state index contributed by atoms with van der Waals surface area (Å²) < 4.78 is 0. The Balaban J connectivity index is 3.10. The van der Waals surface area contributed by atoms with Crippen LogP contribution in [0.1, 0.15) is 36.8 Å². The molecule has 0 bridgehead atoms. The van der Waals surface area contributed by atoms with E-state index in [1.54, 1.807) is 6.20 Å². The van der Waals surface area contributed by atoms with E-state index in [4.69, 9.17) is 0 Å². The van der Waals surface area contributed by atoms with Crippen molar-refractivity contribution in [3.8, 4) is 0 Å². The molecule has 0 saturated heterocycles. The number of hydrogen-bond acceptors (Lipinski definition) is 2. The van der Waals surface area contributed by atoms with Crippen LogP contribution in [0.5, 0.6) is 0 Å². The highest BCUT2D eigenvalue weighted by Gasteiger charge is 2.24. The minimum atomic E-state index is -0.348. The van der Waals surface area contributed by atoms with Crippen LogP contribution in [0.3, 0.4) is 0 Å². The van der Waals surface area contributed by atoms with Gasteiger partial charge in [0.25, 0.3) is 0 Å². The monoisotopic (exact) mass is 177 g/mol. The van der Waals surface area contributed by atoms with Crippen LogP contribution in [0.15, 0.2) is 18.3 Å². The first-order valence-electron chi connectivity index (χ1n) is 4.39. The lowest BCUT2D eigenvalue weighted by atomic mass is 9.87. The zero-order chi connectivity index (χ0) is 10.1. The third-order valence-electron chi connectivity index (χ3n) is 1.91. The number of nitrogens with zero attached hydrogens (tertiary/aromatic N) is 1. The normalized spacial score (nSPS) is 11.4. The standard InChI is InChI=1S/C11H15NO/c1-8-6-5-7-12-9(8)10(13)11(2,3)4/h5-7H,1-4H3. The molecule has 1 heterocycles. The summed E-state index contributed by atoms with van der Waals surface area (Å²) in [6, 6.07) is 3.75. The summed E-state index contributed by atoms with van der Waals surface area (Å²) in [5.41, 5.74) is 1.19. The lowest BCUT2D eigenvalue weighted by Gasteiger charge is -2.16. The van der Waals surface area contributed by atoms with E-state index in [2.05, 4.69) is 4.98 Å². The largest absolute Gasteiger partial charge is 0.292 e. The molecule has 0 aromatic carbocycles. The summed E-state index contributed by atoms with van der Waals surface area (Å²) in [6.45, 7) is 7.63. The highest BCUT2D eigenvalue weighted by Crippen LogP contribution is 2.20. The molecule has 70 valence electrons. The summed E-state index contributed by atoms with van der Waals surface area (Å²) in [5.74, 6) is 0.102. The Morgan fingerprint density at radius 3 is 2.46 bits per heavy atom. The van der Waals surface area contributed by atoms with Gasteiger partial charge in [-0.25, -0.2) is 0 Å². The van der Waals surface area contributed by atoms with Gasteiger partial charge in [-0.1, -0.05) is 26.8 Å². The molecule has 1 aromatic heterocycles. The van der Waals surface area contributed by atoms with Crippen molar-refractivity contribution in [1.29, 1.82) is 0 Å². The molecule has 0 aliphatic carbocycles. The van der Waals surface area contributed by atoms with Crippen molar-refractivity contribution in [2.45, 2.75) is 27.7 Å². The van der Waals surface area contributed by atoms with E-state index >= 15 is 0 Å². The average molecular weight is 177 g/mol. The van der Waals surface area contributed by atoms with Crippen LogP contribution in [0.25, 0.3) is 0 Å². The fourth-order valence-electron chi connectivity index (χ4n) is 1.08. The van der Waals surface area contributed by atoms with Gasteiger partial charge in [0.05, 0.1) is 0 Å². The van der Waals surface area contributed by atoms with Gasteiger partial charge in [-0.3, -0.25) is 9.78 Å². The number of pyridine rings is 1. The average Bonchev–Trinajstić information content (AvgIpc) is 2.02. The number of hydrogen-bond donors (Lipinski definition) is 0. The van der Waals surface area contributed by atoms with Crippen molar-refractivity contribution in [1.82, 2.24) is 4.98 Å². The number of rotatable bonds is 1. The summed E-state index contributed by atoms with van der Waals surface area (Å²) in [4.78, 5) is 15.9. The maximum Gasteiger partial charge on any atom is 0.186 e. The summed E-state index contributed by atoms with van der Waals surface area (Å²) in [6.07, 6.45) is 1.66. The van der Waals surface area contributed by atoms with E-state index in [9.17, 15) is 4.79 Å². The zero-order valence-corrected chi connectivity index (χ0v) is 8.59. The van der Waals surface area contributed by atoms with Crippen molar-refractivity contribution in [2.24, 2.45) is 5.41 Å². The van der Waals surface area contributed by atoms with Gasteiger partial charge in [0.15, 0.2) is 5.78 Å². The minimum absolute atomic E-state index is 0.102. The Hall–Kier alpha value is -1.18. The number of carbonyl (C=O) groups is 1. The van der Waals surface area contributed by atoms with Gasteiger partial charge in [0, 0.05) is 11.6 Å². The number of Topliss-reactive ketones (excluding diaryl/α,β-unsaturated/α-hetero) is 1. The molecule has 1 rings (SSSR count). The van der Waals surface area contributed by atoms with Gasteiger partial charge < -0.3 is 0 Å². The van der Waals surface area contributed by atoms with Crippen molar-refractivity contribution in [3.63, 3.8) is 0 Å². The lowest BCUT2D eigenvalue weighted by Crippen LogP contribution is -2.22. The highest BCUT2D eigenvalue weighted by atomic mass is 16.1. The topological polar surface area (TPSA) is 30.0 Å². The second-order valence-electron chi connectivity index (χ2n) is 4.25. The van der Waals surface area contributed by atoms with E-state index in [-0.39, 0.29) is 11.2 Å². The smallest absolute Gasteiger partial charge is 0.186 e. The predicted molar refractivity (Wildman–Crippen MR) is 52.8 cm³/mol. The van der Waals surface area contributed by atoms with Crippen LogP contribution >= 0.6 is 0 Å². The van der Waals surface area contributed by atoms with Crippen LogP contribution in [-0.4, -0.2) is 10.8 Å². The molecule has 0 unspecified atom stereocenters. The molecule has 0 radical (unpaired) electrons. The number of ketones is 1. The van der Waals surface area contributed by atoms with Crippen LogP contribution in [0.4, 0.5) is 0 Å². The molecule has 0 aliphatic rings. The first-order chi connectivity index (χ1) is 5.93. The maximum atomic E-state index is 11.8. The van der Waals surface area contributed by atoms with Gasteiger partial charge in [0.2, 0.25) is 0 Å². The fourth-order valence-corrected chi connectivity index (χ4v) is 1.08. The molecule has 2 heteroatoms. The predicted octanol–water partition coefficient (Wildman–Crippen LogP) is 2.62. The van der Waals surface area contributed by atoms with Crippen LogP contribution in [0, 0.1) is 12.3 Å². The molecule has 1 aromatic rings. The molecule has 0 fully saturated rings. The van der Waals surface area contributed by atoms with E-state index in [1.165, 1.54) is 0 Å². The molecule has 0 spiro atoms. The highest BCUT2D eigenvalue weighted by molar-refractivity contribution is 5.99. The molecule has 2 nitrogen and oxygen atoms in total. The van der Waals surface area contributed by atoms with Crippen LogP contribution in [-0.2, 0) is 0 Å². The van der Waals surface area contributed by atoms with E-state index < -0.39 is 0 Å². The first kappa shape index (κ1) is 9.90. The number of aryl methyl sites for hydroxylation is 1. The third-order valence-corrected chi connectivity index (χ3v) is 1.91. The Labute approximate surface area is 79.0 Å². The Kier molecular flexibility index (Phi) is 2.50. The summed E-state index contributed by atoms with van der Waals surface area (Å²) >= 11 is 0. The van der Waals surface area contributed by atoms with Crippen molar-refractivity contribution >= 4 is 5.78 Å². The van der Waals surface area contributed by atoms with Crippen molar-refractivity contribution < 1.29 is 4.79 Å². The Bertz CT molecular complexity index is 323. The fraction of sp³-hybridized carbons (Fsp3) is 0.455. The number of aromatic nitrogens is 1. The van der Waals surface area contributed by atoms with E-state index in [0.717, 1.165) is 5.56 Å². The summed E-state index contributed by atoms with van der Waals surface area (Å²) in [7, 11) is 0. The molecule has 0 saturated carbocycles. The zero-order valence-electron chi connectivity index (χ0n) is 8.59. The molecule has 0 atom stereocenters. The first-order valence-corrected chi connectivity index (χ1v) is 4.39. The molecule has 0 N–H and O–H groups in total. The second-order valence-corrected chi connectivity index (χ2v) is 4.25. The quantitative estimate of drug-likeness (QED) is 0.617. The molecule has 0 amide bonds. The van der Waals surface area contributed by atoms with Crippen molar-refractivity contribution in [2.75, 3.05) is 0 Å². The second kappa shape index (κ2) is 3.29. The Morgan fingerprint density at radius 2 is 2.00 bits per heavy atom. The molecular formula is C11H15NO. The van der Waals surface area contributed by atoms with Crippen LogP contribution in [0.2, 0.25) is 0 Å². The third kappa shape index (κ3) is 2.14. The van der Waals surface area contributed by atoms with Crippen molar-refractivity contribution in [3.05, 3.63) is 29.6 Å². The van der Waals surface area contributed by atoms with E-state index in [1.807, 2.05) is 39.8 Å². The van der Waals surface area contributed by atoms with Gasteiger partial charge in [-0.2, -0.15) is 0 Å². The maximum absolute atomic E-state index is 11.8. The molecule has 0 aliphatic heterocycles. The van der Waals surface area contributed by atoms with Gasteiger partial charge in [-0.15, -0.1) is 0 Å². The van der Waals surface area contributed by atoms with Crippen LogP contribution < -0.4 is 0 Å². The molecular weight excluding hydrogens is 162 g/mol.